The lowest BCUT2D eigenvalue weighted by atomic mass is 9.88. The summed E-state index contributed by atoms with van der Waals surface area (Å²) in [4.78, 5) is 12.0. The first-order valence-electron chi connectivity index (χ1n) is 5.58. The highest BCUT2D eigenvalue weighted by atomic mass is 19.4. The Balaban J connectivity index is 3.32. The number of rotatable bonds is 3. The van der Waals surface area contributed by atoms with Gasteiger partial charge in [0.05, 0.1) is 7.11 Å². The van der Waals surface area contributed by atoms with E-state index in [4.69, 9.17) is 10.5 Å². The lowest BCUT2D eigenvalue weighted by Crippen LogP contribution is -2.57. The summed E-state index contributed by atoms with van der Waals surface area (Å²) in [7, 11) is 1.45. The molecule has 2 N–H and O–H groups in total. The average Bonchev–Trinajstić information content (AvgIpc) is 2.29. The fourth-order valence-corrected chi connectivity index (χ4v) is 1.66. The van der Waals surface area contributed by atoms with Crippen molar-refractivity contribution in [1.82, 2.24) is 0 Å². The van der Waals surface area contributed by atoms with Gasteiger partial charge >= 0.3 is 6.18 Å². The van der Waals surface area contributed by atoms with Crippen molar-refractivity contribution in [2.45, 2.75) is 32.5 Å². The molecule has 1 atom stereocenters. The number of nitrogens with two attached hydrogens (primary N) is 1. The standard InChI is InChI=1S/C13H16F3NO2/c1-7-6-10(19-4)8(2)5-9(7)11(18)12(3,17)13(14,15)16/h5-6H,17H2,1-4H3. The van der Waals surface area contributed by atoms with Crippen LogP contribution in [0.2, 0.25) is 0 Å². The Morgan fingerprint density at radius 3 is 2.16 bits per heavy atom. The molecule has 0 spiro atoms. The van der Waals surface area contributed by atoms with Crippen LogP contribution in [0.25, 0.3) is 0 Å². The van der Waals surface area contributed by atoms with Crippen molar-refractivity contribution in [3.8, 4) is 5.75 Å². The number of alkyl halides is 3. The van der Waals surface area contributed by atoms with E-state index in [9.17, 15) is 18.0 Å². The second-order valence-electron chi connectivity index (χ2n) is 4.67. The second-order valence-corrected chi connectivity index (χ2v) is 4.67. The average molecular weight is 275 g/mol. The van der Waals surface area contributed by atoms with Crippen LogP contribution in [-0.4, -0.2) is 24.6 Å². The van der Waals surface area contributed by atoms with Gasteiger partial charge in [-0.3, -0.25) is 4.79 Å². The van der Waals surface area contributed by atoms with Gasteiger partial charge in [0, 0.05) is 5.56 Å². The molecule has 1 aromatic carbocycles. The van der Waals surface area contributed by atoms with E-state index in [0.29, 0.717) is 23.8 Å². The Bertz CT molecular complexity index is 507. The first-order chi connectivity index (χ1) is 8.52. The van der Waals surface area contributed by atoms with Gasteiger partial charge in [0.2, 0.25) is 0 Å². The Morgan fingerprint density at radius 2 is 1.74 bits per heavy atom. The van der Waals surface area contributed by atoms with Gasteiger partial charge in [-0.05, 0) is 44.0 Å². The summed E-state index contributed by atoms with van der Waals surface area (Å²) >= 11 is 0. The third-order valence-corrected chi connectivity index (χ3v) is 3.05. The largest absolute Gasteiger partial charge is 0.496 e. The summed E-state index contributed by atoms with van der Waals surface area (Å²) < 4.78 is 43.4. The molecule has 0 fully saturated rings. The number of Topliss-reactive ketones (excluding diaryl/α,β-unsaturated/α-hetero) is 1. The number of hydrogen-bond donors (Lipinski definition) is 1. The van der Waals surface area contributed by atoms with Gasteiger partial charge in [-0.15, -0.1) is 0 Å². The number of halogens is 3. The molecule has 0 bridgehead atoms. The Labute approximate surface area is 109 Å². The summed E-state index contributed by atoms with van der Waals surface area (Å²) in [5.74, 6) is -0.636. The van der Waals surface area contributed by atoms with Crippen molar-refractivity contribution in [2.24, 2.45) is 5.73 Å². The van der Waals surface area contributed by atoms with Gasteiger partial charge in [-0.2, -0.15) is 13.2 Å². The monoisotopic (exact) mass is 275 g/mol. The topological polar surface area (TPSA) is 52.3 Å². The zero-order chi connectivity index (χ0) is 15.0. The Kier molecular flexibility index (Phi) is 3.95. The van der Waals surface area contributed by atoms with Crippen LogP contribution in [-0.2, 0) is 0 Å². The number of hydrogen-bond acceptors (Lipinski definition) is 3. The molecule has 1 aromatic rings. The summed E-state index contributed by atoms with van der Waals surface area (Å²) in [5, 5.41) is 0. The molecule has 0 aliphatic heterocycles. The molecule has 1 unspecified atom stereocenters. The van der Waals surface area contributed by atoms with Crippen LogP contribution < -0.4 is 10.5 Å². The second kappa shape index (κ2) is 4.85. The molecular formula is C13H16F3NO2. The zero-order valence-corrected chi connectivity index (χ0v) is 11.2. The predicted octanol–water partition coefficient (Wildman–Crippen LogP) is 2.77. The van der Waals surface area contributed by atoms with Gasteiger partial charge in [0.25, 0.3) is 0 Å². The van der Waals surface area contributed by atoms with Gasteiger partial charge < -0.3 is 10.5 Å². The third-order valence-electron chi connectivity index (χ3n) is 3.05. The number of methoxy groups -OCH3 is 1. The van der Waals surface area contributed by atoms with E-state index in [-0.39, 0.29) is 5.56 Å². The molecule has 0 saturated carbocycles. The van der Waals surface area contributed by atoms with Gasteiger partial charge in [0.15, 0.2) is 11.3 Å². The minimum Gasteiger partial charge on any atom is -0.496 e. The van der Waals surface area contributed by atoms with Crippen molar-refractivity contribution >= 4 is 5.78 Å². The van der Waals surface area contributed by atoms with E-state index in [2.05, 4.69) is 0 Å². The highest BCUT2D eigenvalue weighted by Gasteiger charge is 2.54. The SMILES string of the molecule is COc1cc(C)c(C(=O)C(C)(N)C(F)(F)F)cc1C. The van der Waals surface area contributed by atoms with Crippen LogP contribution in [0.3, 0.4) is 0 Å². The lowest BCUT2D eigenvalue weighted by Gasteiger charge is -2.27. The maximum atomic E-state index is 12.8. The first-order valence-corrected chi connectivity index (χ1v) is 5.58. The van der Waals surface area contributed by atoms with E-state index < -0.39 is 17.5 Å². The zero-order valence-electron chi connectivity index (χ0n) is 11.2. The van der Waals surface area contributed by atoms with Crippen molar-refractivity contribution < 1.29 is 22.7 Å². The summed E-state index contributed by atoms with van der Waals surface area (Å²) in [6.45, 7) is 3.87. The molecule has 0 aliphatic rings. The molecular weight excluding hydrogens is 259 g/mol. The van der Waals surface area contributed by atoms with Crippen LogP contribution in [0.4, 0.5) is 13.2 Å². The Hall–Kier alpha value is -1.56. The summed E-state index contributed by atoms with van der Waals surface area (Å²) in [6, 6.07) is 2.89. The first kappa shape index (κ1) is 15.5. The molecule has 6 heteroatoms. The highest BCUT2D eigenvalue weighted by Crippen LogP contribution is 2.33. The maximum Gasteiger partial charge on any atom is 0.413 e. The van der Waals surface area contributed by atoms with Gasteiger partial charge in [0.1, 0.15) is 5.75 Å². The number of carbonyl (C=O) groups excluding carboxylic acids is 1. The van der Waals surface area contributed by atoms with Crippen LogP contribution in [0.5, 0.6) is 5.75 Å². The van der Waals surface area contributed by atoms with Crippen molar-refractivity contribution in [3.05, 3.63) is 28.8 Å². The minimum absolute atomic E-state index is 0.0411. The molecule has 0 aliphatic carbocycles. The van der Waals surface area contributed by atoms with Crippen LogP contribution >= 0.6 is 0 Å². The van der Waals surface area contributed by atoms with E-state index in [1.807, 2.05) is 0 Å². The van der Waals surface area contributed by atoms with E-state index in [0.717, 1.165) is 0 Å². The molecule has 0 amide bonds. The quantitative estimate of drug-likeness (QED) is 0.863. The normalized spacial score (nSPS) is 14.9. The molecule has 1 rings (SSSR count). The van der Waals surface area contributed by atoms with E-state index in [1.54, 1.807) is 13.8 Å². The molecule has 19 heavy (non-hydrogen) atoms. The van der Waals surface area contributed by atoms with Crippen LogP contribution in [0.15, 0.2) is 12.1 Å². The minimum atomic E-state index is -4.80. The van der Waals surface area contributed by atoms with Crippen molar-refractivity contribution in [3.63, 3.8) is 0 Å². The van der Waals surface area contributed by atoms with Crippen LogP contribution in [0, 0.1) is 13.8 Å². The molecule has 0 heterocycles. The fourth-order valence-electron chi connectivity index (χ4n) is 1.66. The van der Waals surface area contributed by atoms with Gasteiger partial charge in [-0.1, -0.05) is 0 Å². The molecule has 106 valence electrons. The number of carbonyl (C=O) groups is 1. The summed E-state index contributed by atoms with van der Waals surface area (Å²) in [6.07, 6.45) is -4.80. The molecule has 0 aromatic heterocycles. The number of ketones is 1. The lowest BCUT2D eigenvalue weighted by molar-refractivity contribution is -0.165. The number of aryl methyl sites for hydroxylation is 2. The van der Waals surface area contributed by atoms with E-state index in [1.165, 1.54) is 19.2 Å². The Morgan fingerprint density at radius 1 is 1.21 bits per heavy atom. The highest BCUT2D eigenvalue weighted by molar-refractivity contribution is 6.04. The molecule has 0 saturated heterocycles. The number of ether oxygens (including phenoxy) is 1. The fraction of sp³-hybridized carbons (Fsp3) is 0.462. The van der Waals surface area contributed by atoms with Crippen molar-refractivity contribution in [2.75, 3.05) is 7.11 Å². The maximum absolute atomic E-state index is 12.8. The van der Waals surface area contributed by atoms with Crippen molar-refractivity contribution in [1.29, 1.82) is 0 Å². The van der Waals surface area contributed by atoms with Crippen LogP contribution in [0.1, 0.15) is 28.4 Å². The molecule has 0 radical (unpaired) electrons. The smallest absolute Gasteiger partial charge is 0.413 e. The van der Waals surface area contributed by atoms with Gasteiger partial charge in [-0.25, -0.2) is 0 Å². The molecule has 3 nitrogen and oxygen atoms in total. The number of benzene rings is 1. The predicted molar refractivity (Wildman–Crippen MR) is 65.4 cm³/mol. The van der Waals surface area contributed by atoms with E-state index >= 15 is 0 Å². The summed E-state index contributed by atoms with van der Waals surface area (Å²) in [5.41, 5.74) is 3.18. The third kappa shape index (κ3) is 2.73.